The van der Waals surface area contributed by atoms with E-state index in [-0.39, 0.29) is 0 Å². The Balaban J connectivity index is 1.96. The summed E-state index contributed by atoms with van der Waals surface area (Å²) in [4.78, 5) is 3.42. The summed E-state index contributed by atoms with van der Waals surface area (Å²) >= 11 is 6.30. The van der Waals surface area contributed by atoms with Crippen molar-refractivity contribution in [3.05, 3.63) is 75.9 Å². The van der Waals surface area contributed by atoms with Crippen LogP contribution in [0, 0.1) is 13.5 Å². The molecule has 5 nitrogen and oxygen atoms in total. The van der Waals surface area contributed by atoms with E-state index in [1.807, 2.05) is 43.3 Å². The quantitative estimate of drug-likeness (QED) is 0.605. The molecule has 0 amide bonds. The molecule has 0 saturated heterocycles. The van der Waals surface area contributed by atoms with E-state index in [1.54, 1.807) is 19.9 Å². The summed E-state index contributed by atoms with van der Waals surface area (Å²) in [5.74, 6) is 0.361. The van der Waals surface area contributed by atoms with Gasteiger partial charge in [0.25, 0.3) is 0 Å². The van der Waals surface area contributed by atoms with E-state index < -0.39 is 11.5 Å². The number of rotatable bonds is 5. The summed E-state index contributed by atoms with van der Waals surface area (Å²) in [6, 6.07) is 13.1. The minimum atomic E-state index is -1.09. The van der Waals surface area contributed by atoms with Gasteiger partial charge >= 0.3 is 0 Å². The van der Waals surface area contributed by atoms with Gasteiger partial charge < -0.3 is 9.52 Å². The molecule has 6 heteroatoms. The molecule has 138 valence electrons. The SMILES string of the molecule is [C-]#[N+]c1ccc(C[C@@H](c2nnc(-c3ccccc3)o2)C(C)(C)O)c(C)c1Cl. The van der Waals surface area contributed by atoms with Crippen molar-refractivity contribution in [2.45, 2.75) is 38.7 Å². The number of hydrogen-bond acceptors (Lipinski definition) is 4. The van der Waals surface area contributed by atoms with Gasteiger partial charge in [0, 0.05) is 5.56 Å². The first kappa shape index (κ1) is 19.1. The number of hydrogen-bond donors (Lipinski definition) is 1. The van der Waals surface area contributed by atoms with Crippen LogP contribution in [0.25, 0.3) is 16.3 Å². The van der Waals surface area contributed by atoms with E-state index in [0.717, 1.165) is 16.7 Å². The molecular formula is C21H20ClN3O2. The zero-order valence-electron chi connectivity index (χ0n) is 15.4. The van der Waals surface area contributed by atoms with Crippen LogP contribution in [-0.4, -0.2) is 20.9 Å². The number of aromatic nitrogens is 2. The summed E-state index contributed by atoms with van der Waals surface area (Å²) in [5.41, 5.74) is 1.91. The lowest BCUT2D eigenvalue weighted by Crippen LogP contribution is -2.31. The van der Waals surface area contributed by atoms with Gasteiger partial charge in [0.1, 0.15) is 0 Å². The van der Waals surface area contributed by atoms with Gasteiger partial charge in [-0.15, -0.1) is 10.2 Å². The molecule has 0 radical (unpaired) electrons. The van der Waals surface area contributed by atoms with Gasteiger partial charge in [-0.1, -0.05) is 41.9 Å². The van der Waals surface area contributed by atoms with Crippen LogP contribution in [0.3, 0.4) is 0 Å². The lowest BCUT2D eigenvalue weighted by molar-refractivity contribution is 0.0403. The van der Waals surface area contributed by atoms with E-state index in [4.69, 9.17) is 22.6 Å². The van der Waals surface area contributed by atoms with Gasteiger partial charge in [0.2, 0.25) is 17.5 Å². The fraction of sp³-hybridized carbons (Fsp3) is 0.286. The molecule has 1 N–H and O–H groups in total. The van der Waals surface area contributed by atoms with Crippen LogP contribution in [-0.2, 0) is 6.42 Å². The second-order valence-corrected chi connectivity index (χ2v) is 7.39. The molecule has 27 heavy (non-hydrogen) atoms. The minimum Gasteiger partial charge on any atom is -0.420 e. The van der Waals surface area contributed by atoms with Crippen LogP contribution in [0.1, 0.15) is 36.8 Å². The topological polar surface area (TPSA) is 63.5 Å². The van der Waals surface area contributed by atoms with Gasteiger partial charge in [-0.25, -0.2) is 4.85 Å². The molecule has 1 aromatic heterocycles. The number of nitrogens with zero attached hydrogens (tertiary/aromatic N) is 3. The predicted molar refractivity (Wildman–Crippen MR) is 105 cm³/mol. The molecule has 1 heterocycles. The molecular weight excluding hydrogens is 362 g/mol. The first-order valence-corrected chi connectivity index (χ1v) is 8.95. The van der Waals surface area contributed by atoms with E-state index in [9.17, 15) is 5.11 Å². The maximum atomic E-state index is 10.7. The molecule has 3 aromatic rings. The van der Waals surface area contributed by atoms with Crippen LogP contribution in [0.15, 0.2) is 46.9 Å². The standard InChI is InChI=1S/C21H20ClN3O2/c1-13-15(10-11-17(23-4)18(13)22)12-16(21(2,3)26)20-25-24-19(27-20)14-8-6-5-7-9-14/h5-11,16,26H,12H2,1-3H3/t16-/m0/s1. The van der Waals surface area contributed by atoms with Crippen LogP contribution in [0.4, 0.5) is 5.69 Å². The van der Waals surface area contributed by atoms with Crippen molar-refractivity contribution in [2.24, 2.45) is 0 Å². The fourth-order valence-electron chi connectivity index (χ4n) is 2.95. The lowest BCUT2D eigenvalue weighted by atomic mass is 9.84. The van der Waals surface area contributed by atoms with Gasteiger partial charge in [-0.2, -0.15) is 0 Å². The molecule has 0 spiro atoms. The van der Waals surface area contributed by atoms with Gasteiger partial charge in [0.05, 0.1) is 23.1 Å². The maximum Gasteiger partial charge on any atom is 0.247 e. The largest absolute Gasteiger partial charge is 0.420 e. The molecule has 1 atom stereocenters. The highest BCUT2D eigenvalue weighted by Crippen LogP contribution is 2.36. The normalized spacial score (nSPS) is 12.6. The summed E-state index contributed by atoms with van der Waals surface area (Å²) in [5, 5.41) is 19.5. The smallest absolute Gasteiger partial charge is 0.247 e. The third-order valence-corrected chi connectivity index (χ3v) is 5.11. The Bertz CT molecular complexity index is 985. The van der Waals surface area contributed by atoms with Crippen LogP contribution in [0.2, 0.25) is 5.02 Å². The van der Waals surface area contributed by atoms with Crippen molar-refractivity contribution in [2.75, 3.05) is 0 Å². The van der Waals surface area contributed by atoms with Crippen LogP contribution < -0.4 is 0 Å². The van der Waals surface area contributed by atoms with Crippen molar-refractivity contribution in [1.29, 1.82) is 0 Å². The lowest BCUT2D eigenvalue weighted by Gasteiger charge is -2.27. The summed E-state index contributed by atoms with van der Waals surface area (Å²) < 4.78 is 5.88. The molecule has 0 unspecified atom stereocenters. The fourth-order valence-corrected chi connectivity index (χ4v) is 3.18. The molecule has 0 aliphatic heterocycles. The van der Waals surface area contributed by atoms with Crippen molar-refractivity contribution in [3.63, 3.8) is 0 Å². The minimum absolute atomic E-state index is 0.367. The highest BCUT2D eigenvalue weighted by molar-refractivity contribution is 6.34. The predicted octanol–water partition coefficient (Wildman–Crippen LogP) is 5.35. The molecule has 3 rings (SSSR count). The first-order valence-electron chi connectivity index (χ1n) is 8.58. The highest BCUT2D eigenvalue weighted by Gasteiger charge is 2.34. The summed E-state index contributed by atoms with van der Waals surface area (Å²) in [6.45, 7) is 12.5. The van der Waals surface area contributed by atoms with Crippen LogP contribution in [0.5, 0.6) is 0 Å². The Kier molecular flexibility index (Phi) is 5.31. The number of aliphatic hydroxyl groups is 1. The highest BCUT2D eigenvalue weighted by atomic mass is 35.5. The maximum absolute atomic E-state index is 10.7. The third-order valence-electron chi connectivity index (χ3n) is 4.63. The van der Waals surface area contributed by atoms with E-state index in [2.05, 4.69) is 15.0 Å². The van der Waals surface area contributed by atoms with E-state index >= 15 is 0 Å². The van der Waals surface area contributed by atoms with Crippen molar-refractivity contribution in [3.8, 4) is 11.5 Å². The molecule has 0 aliphatic carbocycles. The van der Waals surface area contributed by atoms with E-state index in [1.165, 1.54) is 0 Å². The van der Waals surface area contributed by atoms with E-state index in [0.29, 0.717) is 28.9 Å². The zero-order valence-corrected chi connectivity index (χ0v) is 16.2. The molecule has 0 aliphatic rings. The van der Waals surface area contributed by atoms with Crippen LogP contribution >= 0.6 is 11.6 Å². The van der Waals surface area contributed by atoms with Crippen molar-refractivity contribution >= 4 is 17.3 Å². The Morgan fingerprint density at radius 3 is 2.52 bits per heavy atom. The third kappa shape index (κ3) is 4.02. The van der Waals surface area contributed by atoms with Gasteiger partial charge in [-0.05, 0) is 50.5 Å². The summed E-state index contributed by atoms with van der Waals surface area (Å²) in [6.07, 6.45) is 0.462. The summed E-state index contributed by atoms with van der Waals surface area (Å²) in [7, 11) is 0. The van der Waals surface area contributed by atoms with Gasteiger partial charge in [0.15, 0.2) is 0 Å². The first-order chi connectivity index (χ1) is 12.8. The van der Waals surface area contributed by atoms with Crippen molar-refractivity contribution < 1.29 is 9.52 Å². The Morgan fingerprint density at radius 1 is 1.19 bits per heavy atom. The average Bonchev–Trinajstić information content (AvgIpc) is 3.12. The molecule has 0 saturated carbocycles. The van der Waals surface area contributed by atoms with Crippen molar-refractivity contribution in [1.82, 2.24) is 10.2 Å². The monoisotopic (exact) mass is 381 g/mol. The zero-order chi connectivity index (χ0) is 19.6. The number of benzene rings is 2. The average molecular weight is 382 g/mol. The molecule has 2 aromatic carbocycles. The second kappa shape index (κ2) is 7.51. The molecule has 0 bridgehead atoms. The second-order valence-electron chi connectivity index (χ2n) is 7.02. The Morgan fingerprint density at radius 2 is 1.89 bits per heavy atom. The Labute approximate surface area is 163 Å². The molecule has 0 fully saturated rings. The van der Waals surface area contributed by atoms with Gasteiger partial charge in [-0.3, -0.25) is 0 Å². The number of halogens is 1. The Hall–Kier alpha value is -2.68.